The van der Waals surface area contributed by atoms with E-state index in [1.807, 2.05) is 0 Å². The lowest BCUT2D eigenvalue weighted by molar-refractivity contribution is -0.348. The summed E-state index contributed by atoms with van der Waals surface area (Å²) in [6.07, 6.45) is -10.3. The van der Waals surface area contributed by atoms with Gasteiger partial charge in [0.05, 0.1) is 11.1 Å². The van der Waals surface area contributed by atoms with Crippen molar-refractivity contribution in [3.05, 3.63) is 58.9 Å². The van der Waals surface area contributed by atoms with Crippen LogP contribution in [0.3, 0.4) is 0 Å². The topological polar surface area (TPSA) is 85.1 Å². The Kier molecular flexibility index (Phi) is 5.59. The predicted molar refractivity (Wildman–Crippen MR) is 86.8 cm³/mol. The van der Waals surface area contributed by atoms with Crippen LogP contribution in [-0.4, -0.2) is 29.2 Å². The third-order valence-electron chi connectivity index (χ3n) is 3.98. The average molecular weight is 423 g/mol. The first-order valence-electron chi connectivity index (χ1n) is 7.68. The van der Waals surface area contributed by atoms with Crippen LogP contribution in [-0.2, 0) is 5.67 Å². The molecule has 2 aromatic rings. The van der Waals surface area contributed by atoms with Crippen molar-refractivity contribution in [3.63, 3.8) is 0 Å². The lowest BCUT2D eigenvalue weighted by Crippen LogP contribution is -2.50. The molecule has 2 rings (SSSR count). The number of nitrogens with zero attached hydrogens (tertiary/aromatic N) is 1. The molecule has 1 aromatic carbocycles. The summed E-state index contributed by atoms with van der Waals surface area (Å²) in [6.45, 7) is 1.07. The largest absolute Gasteiger partial charge is 0.435 e. The molecule has 5 nitrogen and oxygen atoms in total. The Hall–Kier alpha value is -3.18. The molecule has 29 heavy (non-hydrogen) atoms. The highest BCUT2D eigenvalue weighted by atomic mass is 19.4. The van der Waals surface area contributed by atoms with Crippen molar-refractivity contribution in [1.82, 2.24) is 4.98 Å². The number of carbonyl (C=O) groups excluding carboxylic acids is 2. The predicted octanol–water partition coefficient (Wildman–Crippen LogP) is 4.03. The molecule has 12 heteroatoms. The van der Waals surface area contributed by atoms with E-state index in [2.05, 4.69) is 10.3 Å². The fourth-order valence-corrected chi connectivity index (χ4v) is 2.49. The van der Waals surface area contributed by atoms with Gasteiger partial charge in [-0.15, -0.1) is 0 Å². The monoisotopic (exact) mass is 423 g/mol. The first kappa shape index (κ1) is 22.1. The highest BCUT2D eigenvalue weighted by molar-refractivity contribution is 6.11. The Labute approximate surface area is 158 Å². The second kappa shape index (κ2) is 7.33. The van der Waals surface area contributed by atoms with E-state index in [9.17, 15) is 40.3 Å². The number of aromatic nitrogens is 1. The molecule has 2 amide bonds. The van der Waals surface area contributed by atoms with Gasteiger partial charge in [0.1, 0.15) is 0 Å². The van der Waals surface area contributed by atoms with E-state index >= 15 is 0 Å². The molecular formula is C17H12F7N3O2. The zero-order valence-corrected chi connectivity index (χ0v) is 14.5. The Morgan fingerprint density at radius 3 is 2.03 bits per heavy atom. The SMILES string of the molecule is Cc1cc(C(F)(C(F)(F)F)C(F)(F)F)ccc1NC(=O)c1cnccc1C(N)=O. The number of benzene rings is 1. The number of rotatable bonds is 4. The number of amides is 2. The fraction of sp³-hybridized carbons (Fsp3) is 0.235. The molecule has 0 spiro atoms. The quantitative estimate of drug-likeness (QED) is 0.729. The molecule has 0 unspecified atom stereocenters. The first-order chi connectivity index (χ1) is 13.2. The van der Waals surface area contributed by atoms with Gasteiger partial charge < -0.3 is 11.1 Å². The van der Waals surface area contributed by atoms with Gasteiger partial charge in [-0.2, -0.15) is 26.3 Å². The molecule has 0 fully saturated rings. The van der Waals surface area contributed by atoms with Gasteiger partial charge in [-0.25, -0.2) is 4.39 Å². The van der Waals surface area contributed by atoms with Gasteiger partial charge in [-0.05, 0) is 24.6 Å². The Morgan fingerprint density at radius 2 is 1.55 bits per heavy atom. The smallest absolute Gasteiger partial charge is 0.366 e. The van der Waals surface area contributed by atoms with Crippen LogP contribution < -0.4 is 11.1 Å². The van der Waals surface area contributed by atoms with Crippen LogP contribution in [0.15, 0.2) is 36.7 Å². The van der Waals surface area contributed by atoms with Crippen LogP contribution >= 0.6 is 0 Å². The number of anilines is 1. The summed E-state index contributed by atoms with van der Waals surface area (Å²) in [5.41, 5.74) is -3.11. The Morgan fingerprint density at radius 1 is 0.966 bits per heavy atom. The number of carbonyl (C=O) groups is 2. The van der Waals surface area contributed by atoms with Crippen LogP contribution in [0.5, 0.6) is 0 Å². The molecule has 0 aliphatic carbocycles. The van der Waals surface area contributed by atoms with E-state index in [0.717, 1.165) is 19.2 Å². The third-order valence-corrected chi connectivity index (χ3v) is 3.98. The molecule has 0 atom stereocenters. The molecule has 0 bridgehead atoms. The summed E-state index contributed by atoms with van der Waals surface area (Å²) < 4.78 is 91.2. The van der Waals surface area contributed by atoms with E-state index in [0.29, 0.717) is 12.1 Å². The van der Waals surface area contributed by atoms with Gasteiger partial charge in [-0.3, -0.25) is 14.6 Å². The molecular weight excluding hydrogens is 411 g/mol. The molecule has 3 N–H and O–H groups in total. The van der Waals surface area contributed by atoms with Gasteiger partial charge in [0.25, 0.3) is 5.91 Å². The lowest BCUT2D eigenvalue weighted by atomic mass is 9.92. The minimum atomic E-state index is -6.26. The van der Waals surface area contributed by atoms with Crippen LogP contribution in [0.1, 0.15) is 31.8 Å². The van der Waals surface area contributed by atoms with E-state index in [4.69, 9.17) is 5.73 Å². The number of hydrogen-bond donors (Lipinski definition) is 2. The molecule has 0 saturated carbocycles. The van der Waals surface area contributed by atoms with E-state index < -0.39 is 35.4 Å². The van der Waals surface area contributed by atoms with Crippen molar-refractivity contribution < 1.29 is 40.3 Å². The number of hydrogen-bond acceptors (Lipinski definition) is 3. The third kappa shape index (κ3) is 4.00. The average Bonchev–Trinajstić information content (AvgIpc) is 2.60. The lowest BCUT2D eigenvalue weighted by Gasteiger charge is -2.30. The van der Waals surface area contributed by atoms with Crippen molar-refractivity contribution in [1.29, 1.82) is 0 Å². The Balaban J connectivity index is 2.43. The van der Waals surface area contributed by atoms with Gasteiger partial charge in [-0.1, -0.05) is 12.1 Å². The summed E-state index contributed by atoms with van der Waals surface area (Å²) in [6, 6.07) is 2.43. The van der Waals surface area contributed by atoms with Crippen LogP contribution in [0.25, 0.3) is 0 Å². The summed E-state index contributed by atoms with van der Waals surface area (Å²) in [5, 5.41) is 2.21. The van der Waals surface area contributed by atoms with Crippen LogP contribution in [0.4, 0.5) is 36.4 Å². The number of nitrogens with one attached hydrogen (secondary N) is 1. The summed E-state index contributed by atoms with van der Waals surface area (Å²) in [4.78, 5) is 27.3. The fourth-order valence-electron chi connectivity index (χ4n) is 2.49. The zero-order chi connectivity index (χ0) is 22.2. The maximum atomic E-state index is 14.1. The van der Waals surface area contributed by atoms with Crippen LogP contribution in [0.2, 0.25) is 0 Å². The normalized spacial score (nSPS) is 12.6. The number of alkyl halides is 7. The molecule has 0 aliphatic rings. The van der Waals surface area contributed by atoms with Crippen LogP contribution in [0, 0.1) is 6.92 Å². The highest BCUT2D eigenvalue weighted by Gasteiger charge is 2.73. The Bertz CT molecular complexity index is 941. The van der Waals surface area contributed by atoms with Gasteiger partial charge in [0.2, 0.25) is 5.91 Å². The van der Waals surface area contributed by atoms with Crippen molar-refractivity contribution in [2.75, 3.05) is 5.32 Å². The van der Waals surface area contributed by atoms with Crippen molar-refractivity contribution in [2.45, 2.75) is 24.9 Å². The molecule has 156 valence electrons. The minimum Gasteiger partial charge on any atom is -0.366 e. The molecule has 0 saturated heterocycles. The maximum Gasteiger partial charge on any atom is 0.435 e. The van der Waals surface area contributed by atoms with Gasteiger partial charge in [0.15, 0.2) is 0 Å². The minimum absolute atomic E-state index is 0.204. The number of aryl methyl sites for hydroxylation is 1. The first-order valence-corrected chi connectivity index (χ1v) is 7.68. The summed E-state index contributed by atoms with van der Waals surface area (Å²) >= 11 is 0. The molecule has 0 radical (unpaired) electrons. The highest BCUT2D eigenvalue weighted by Crippen LogP contribution is 2.53. The van der Waals surface area contributed by atoms with E-state index in [1.54, 1.807) is 0 Å². The second-order valence-corrected chi connectivity index (χ2v) is 5.92. The van der Waals surface area contributed by atoms with Gasteiger partial charge in [0, 0.05) is 23.6 Å². The number of nitrogens with two attached hydrogens (primary N) is 1. The van der Waals surface area contributed by atoms with E-state index in [-0.39, 0.29) is 28.4 Å². The zero-order valence-electron chi connectivity index (χ0n) is 14.5. The van der Waals surface area contributed by atoms with Crippen molar-refractivity contribution >= 4 is 17.5 Å². The van der Waals surface area contributed by atoms with Crippen molar-refractivity contribution in [3.8, 4) is 0 Å². The van der Waals surface area contributed by atoms with E-state index in [1.165, 1.54) is 6.20 Å². The second-order valence-electron chi connectivity index (χ2n) is 5.92. The molecule has 1 heterocycles. The number of halogens is 7. The standard InChI is InChI=1S/C17H12F7N3O2/c1-8-6-9(15(18,16(19,20)21)17(22,23)24)2-3-12(8)27-14(29)11-7-26-5-4-10(11)13(25)28/h2-7H,1H3,(H2,25,28)(H,27,29). The summed E-state index contributed by atoms with van der Waals surface area (Å²) in [5.74, 6) is -1.90. The molecule has 0 aliphatic heterocycles. The summed E-state index contributed by atoms with van der Waals surface area (Å²) in [7, 11) is 0. The molecule has 1 aromatic heterocycles. The number of primary amides is 1. The number of pyridine rings is 1. The van der Waals surface area contributed by atoms with Gasteiger partial charge >= 0.3 is 18.0 Å². The maximum absolute atomic E-state index is 14.1. The van der Waals surface area contributed by atoms with Crippen molar-refractivity contribution in [2.24, 2.45) is 5.73 Å².